The molecule has 0 fully saturated rings. The zero-order valence-electron chi connectivity index (χ0n) is 18.7. The van der Waals surface area contributed by atoms with Crippen LogP contribution in [0.1, 0.15) is 31.4 Å². The Kier molecular flexibility index (Phi) is 9.32. The van der Waals surface area contributed by atoms with E-state index in [-0.39, 0.29) is 0 Å². The van der Waals surface area contributed by atoms with Crippen molar-refractivity contribution in [3.63, 3.8) is 0 Å². The number of nitrogens with zero attached hydrogens (tertiary/aromatic N) is 1. The topological polar surface area (TPSA) is 36.4 Å². The predicted molar refractivity (Wildman–Crippen MR) is 129 cm³/mol. The number of allylic oxidation sites excluding steroid dienone is 4. The van der Waals surface area contributed by atoms with Crippen LogP contribution in [-0.2, 0) is 12.6 Å². The lowest BCUT2D eigenvalue weighted by Gasteiger charge is -2.14. The van der Waals surface area contributed by atoms with Gasteiger partial charge in [0.2, 0.25) is 0 Å². The summed E-state index contributed by atoms with van der Waals surface area (Å²) in [6.45, 7) is 8.22. The molecule has 0 radical (unpaired) electrons. The van der Waals surface area contributed by atoms with E-state index in [0.717, 1.165) is 41.8 Å². The van der Waals surface area contributed by atoms with Gasteiger partial charge >= 0.3 is 6.18 Å². The van der Waals surface area contributed by atoms with Crippen LogP contribution < -0.4 is 10.6 Å². The molecule has 0 aromatic heterocycles. The summed E-state index contributed by atoms with van der Waals surface area (Å²) in [6.07, 6.45) is 5.50. The second-order valence-electron chi connectivity index (χ2n) is 7.86. The summed E-state index contributed by atoms with van der Waals surface area (Å²) in [7, 11) is 1.74. The highest BCUT2D eigenvalue weighted by molar-refractivity contribution is 5.73. The molecule has 0 saturated carbocycles. The molecule has 0 unspecified atom stereocenters. The second kappa shape index (κ2) is 11.9. The van der Waals surface area contributed by atoms with Crippen LogP contribution in [0.15, 0.2) is 89.7 Å². The zero-order valence-corrected chi connectivity index (χ0v) is 18.7. The quantitative estimate of drug-likeness (QED) is 0.296. The largest absolute Gasteiger partial charge is 0.416 e. The number of anilines is 2. The third-order valence-corrected chi connectivity index (χ3v) is 4.52. The van der Waals surface area contributed by atoms with E-state index >= 15 is 0 Å². The van der Waals surface area contributed by atoms with Gasteiger partial charge in [0.25, 0.3) is 0 Å². The third kappa shape index (κ3) is 8.84. The first kappa shape index (κ1) is 25.0. The first-order chi connectivity index (χ1) is 15.2. The lowest BCUT2D eigenvalue weighted by Crippen LogP contribution is -2.10. The number of hydrogen-bond acceptors (Lipinski definition) is 3. The van der Waals surface area contributed by atoms with Gasteiger partial charge in [0, 0.05) is 24.6 Å². The van der Waals surface area contributed by atoms with E-state index in [4.69, 9.17) is 0 Å². The summed E-state index contributed by atoms with van der Waals surface area (Å²) in [5.74, 6) is 0.990. The van der Waals surface area contributed by atoms with Gasteiger partial charge in [-0.1, -0.05) is 50.8 Å². The molecule has 170 valence electrons. The van der Waals surface area contributed by atoms with E-state index in [2.05, 4.69) is 48.2 Å². The maximum Gasteiger partial charge on any atom is 0.416 e. The minimum Gasteiger partial charge on any atom is -0.342 e. The van der Waals surface area contributed by atoms with E-state index in [1.54, 1.807) is 19.3 Å². The van der Waals surface area contributed by atoms with E-state index in [1.807, 2.05) is 30.3 Å². The van der Waals surface area contributed by atoms with Crippen LogP contribution in [0.4, 0.5) is 24.5 Å². The normalized spacial score (nSPS) is 12.7. The van der Waals surface area contributed by atoms with E-state index in [0.29, 0.717) is 17.4 Å². The van der Waals surface area contributed by atoms with Crippen LogP contribution in [0.5, 0.6) is 0 Å². The number of nitrogens with one attached hydrogen (secondary N) is 2. The van der Waals surface area contributed by atoms with Crippen LogP contribution in [0, 0.1) is 5.92 Å². The Balaban J connectivity index is 1.99. The number of alkyl halides is 3. The lowest BCUT2D eigenvalue weighted by molar-refractivity contribution is -0.137. The molecule has 0 aliphatic rings. The highest BCUT2D eigenvalue weighted by Crippen LogP contribution is 2.31. The van der Waals surface area contributed by atoms with Gasteiger partial charge in [-0.15, -0.1) is 0 Å². The van der Waals surface area contributed by atoms with E-state index in [9.17, 15) is 13.2 Å². The SMILES string of the molecule is C=C(Nc1ccc(CC(=C/C=N\C)/C=C/CC(C)C)cc1)Nc1cccc(C(F)(F)F)c1. The first-order valence-electron chi connectivity index (χ1n) is 10.4. The lowest BCUT2D eigenvalue weighted by atomic mass is 10.0. The molecule has 0 spiro atoms. The molecular formula is C26H30F3N3. The molecule has 0 aliphatic heterocycles. The Morgan fingerprint density at radius 1 is 1.06 bits per heavy atom. The molecule has 0 amide bonds. The standard InChI is InChI=1S/C26H30F3N3/c1-19(2)7-5-8-21(15-16-30-4)17-22-11-13-24(14-12-22)31-20(3)32-25-10-6-9-23(18-25)26(27,28)29/h5-6,8-16,18-19,31-32H,3,7,17H2,1-2,4H3/b8-5+,21-15+,30-16-. The summed E-state index contributed by atoms with van der Waals surface area (Å²) in [5, 5.41) is 5.94. The van der Waals surface area contributed by atoms with Gasteiger partial charge in [-0.2, -0.15) is 13.2 Å². The van der Waals surface area contributed by atoms with Crippen LogP contribution >= 0.6 is 0 Å². The van der Waals surface area contributed by atoms with E-state index < -0.39 is 11.7 Å². The van der Waals surface area contributed by atoms with Crippen molar-refractivity contribution in [2.45, 2.75) is 32.9 Å². The molecule has 0 atom stereocenters. The van der Waals surface area contributed by atoms with Crippen LogP contribution in [0.3, 0.4) is 0 Å². The molecule has 0 aliphatic carbocycles. The van der Waals surface area contributed by atoms with Crippen LogP contribution in [0.2, 0.25) is 0 Å². The average Bonchev–Trinajstić information content (AvgIpc) is 2.72. The van der Waals surface area contributed by atoms with Crippen molar-refractivity contribution in [1.29, 1.82) is 0 Å². The van der Waals surface area contributed by atoms with Gasteiger partial charge in [0.05, 0.1) is 5.56 Å². The number of rotatable bonds is 10. The maximum atomic E-state index is 12.9. The molecule has 2 aromatic rings. The van der Waals surface area contributed by atoms with Crippen molar-refractivity contribution in [2.75, 3.05) is 17.7 Å². The Morgan fingerprint density at radius 2 is 1.75 bits per heavy atom. The van der Waals surface area contributed by atoms with Crippen molar-refractivity contribution >= 4 is 17.6 Å². The minimum absolute atomic E-state index is 0.314. The van der Waals surface area contributed by atoms with Gasteiger partial charge in [0.1, 0.15) is 5.82 Å². The van der Waals surface area contributed by atoms with Crippen molar-refractivity contribution in [3.8, 4) is 0 Å². The van der Waals surface area contributed by atoms with Crippen LogP contribution in [0.25, 0.3) is 0 Å². The molecular weight excluding hydrogens is 411 g/mol. The van der Waals surface area contributed by atoms with E-state index in [1.165, 1.54) is 6.07 Å². The van der Waals surface area contributed by atoms with Crippen molar-refractivity contribution in [3.05, 3.63) is 95.9 Å². The Labute approximate surface area is 188 Å². The molecule has 0 bridgehead atoms. The highest BCUT2D eigenvalue weighted by Gasteiger charge is 2.30. The fourth-order valence-electron chi connectivity index (χ4n) is 2.93. The number of hydrogen-bond donors (Lipinski definition) is 2. The van der Waals surface area contributed by atoms with Crippen molar-refractivity contribution in [2.24, 2.45) is 10.9 Å². The maximum absolute atomic E-state index is 12.9. The molecule has 2 aromatic carbocycles. The fourth-order valence-corrected chi connectivity index (χ4v) is 2.93. The molecule has 6 heteroatoms. The van der Waals surface area contributed by atoms with Gasteiger partial charge in [0.15, 0.2) is 0 Å². The summed E-state index contributed by atoms with van der Waals surface area (Å²) in [5.41, 5.74) is 2.69. The molecule has 2 rings (SSSR count). The van der Waals surface area contributed by atoms with Gasteiger partial charge in [-0.25, -0.2) is 0 Å². The Morgan fingerprint density at radius 3 is 2.38 bits per heavy atom. The molecule has 32 heavy (non-hydrogen) atoms. The summed E-state index contributed by atoms with van der Waals surface area (Å²) < 4.78 is 38.6. The predicted octanol–water partition coefficient (Wildman–Crippen LogP) is 7.47. The van der Waals surface area contributed by atoms with Gasteiger partial charge in [-0.3, -0.25) is 4.99 Å². The van der Waals surface area contributed by atoms with Gasteiger partial charge < -0.3 is 10.6 Å². The zero-order chi connectivity index (χ0) is 23.6. The van der Waals surface area contributed by atoms with Crippen molar-refractivity contribution < 1.29 is 13.2 Å². The van der Waals surface area contributed by atoms with Gasteiger partial charge in [-0.05, 0) is 66.3 Å². The summed E-state index contributed by atoms with van der Waals surface area (Å²) >= 11 is 0. The molecule has 2 N–H and O–H groups in total. The molecule has 0 saturated heterocycles. The fraction of sp³-hybridized carbons (Fsp3) is 0.269. The summed E-state index contributed by atoms with van der Waals surface area (Å²) in [4.78, 5) is 4.04. The number of aliphatic imine (C=N–C) groups is 1. The molecule has 0 heterocycles. The second-order valence-corrected chi connectivity index (χ2v) is 7.86. The number of benzene rings is 2. The molecule has 3 nitrogen and oxygen atoms in total. The third-order valence-electron chi connectivity index (χ3n) is 4.52. The smallest absolute Gasteiger partial charge is 0.342 e. The number of halogens is 3. The Bertz CT molecular complexity index is 969. The monoisotopic (exact) mass is 441 g/mol. The Hall–Kier alpha value is -3.28. The minimum atomic E-state index is -4.39. The van der Waals surface area contributed by atoms with Crippen molar-refractivity contribution in [1.82, 2.24) is 0 Å². The first-order valence-corrected chi connectivity index (χ1v) is 10.4. The van der Waals surface area contributed by atoms with Crippen LogP contribution in [-0.4, -0.2) is 13.3 Å². The average molecular weight is 442 g/mol. The highest BCUT2D eigenvalue weighted by atomic mass is 19.4. The summed E-state index contributed by atoms with van der Waals surface area (Å²) in [6, 6.07) is 12.8.